The Morgan fingerprint density at radius 2 is 1.95 bits per heavy atom. The van der Waals surface area contributed by atoms with Crippen LogP contribution in [0.25, 0.3) is 0 Å². The van der Waals surface area contributed by atoms with Crippen molar-refractivity contribution in [2.24, 2.45) is 23.7 Å². The number of halogens is 1. The maximum absolute atomic E-state index is 14.0. The number of likely N-dealkylation sites (tertiary alicyclic amines) is 1. The van der Waals surface area contributed by atoms with Gasteiger partial charge in [0.25, 0.3) is 0 Å². The number of benzene rings is 1. The van der Waals surface area contributed by atoms with Gasteiger partial charge >= 0.3 is 0 Å². The third-order valence-corrected chi connectivity index (χ3v) is 9.22. The Morgan fingerprint density at radius 3 is 2.68 bits per heavy atom. The molecule has 3 aliphatic heterocycles. The molecule has 8 nitrogen and oxygen atoms in total. The Balaban J connectivity index is 1.41. The van der Waals surface area contributed by atoms with Crippen LogP contribution < -0.4 is 10.6 Å². The fourth-order valence-corrected chi connectivity index (χ4v) is 6.92. The number of anilines is 1. The minimum atomic E-state index is -1.16. The van der Waals surface area contributed by atoms with Crippen LogP contribution in [0, 0.1) is 23.7 Å². The summed E-state index contributed by atoms with van der Waals surface area (Å²) >= 11 is 5.99. The van der Waals surface area contributed by atoms with Crippen molar-refractivity contribution in [2.75, 3.05) is 25.1 Å². The monoisotopic (exact) mass is 543 g/mol. The van der Waals surface area contributed by atoms with Gasteiger partial charge in [-0.25, -0.2) is 0 Å². The molecule has 1 spiro atoms. The SMILES string of the molecule is CCOCCCN1C(=O)[C@H]2[C@H](C(=O)Nc3ccc(Cl)cc3)[C@H]3C=C[C@@]2(O3)[C@@H]1C(=O)N[C@@H]1CCC[C@H](C)[C@H]1C. The van der Waals surface area contributed by atoms with E-state index >= 15 is 0 Å². The van der Waals surface area contributed by atoms with E-state index in [1.807, 2.05) is 19.1 Å². The third-order valence-electron chi connectivity index (χ3n) is 8.96. The average Bonchev–Trinajstić information content (AvgIpc) is 3.53. The normalized spacial score (nSPS) is 35.4. The zero-order valence-electron chi connectivity index (χ0n) is 22.3. The first-order valence-electron chi connectivity index (χ1n) is 13.9. The molecule has 3 amide bonds. The predicted molar refractivity (Wildman–Crippen MR) is 145 cm³/mol. The Bertz CT molecular complexity index is 1090. The zero-order chi connectivity index (χ0) is 27.0. The van der Waals surface area contributed by atoms with Crippen LogP contribution in [0.3, 0.4) is 0 Å². The van der Waals surface area contributed by atoms with Gasteiger partial charge < -0.3 is 25.0 Å². The molecular weight excluding hydrogens is 506 g/mol. The van der Waals surface area contributed by atoms with Crippen LogP contribution in [0.1, 0.15) is 46.5 Å². The summed E-state index contributed by atoms with van der Waals surface area (Å²) in [6, 6.07) is 6.06. The van der Waals surface area contributed by atoms with E-state index in [-0.39, 0.29) is 23.8 Å². The fourth-order valence-electron chi connectivity index (χ4n) is 6.80. The fraction of sp³-hybridized carbons (Fsp3) is 0.621. The Morgan fingerprint density at radius 1 is 1.18 bits per heavy atom. The molecule has 1 saturated carbocycles. The lowest BCUT2D eigenvalue weighted by atomic mass is 9.73. The molecule has 2 saturated heterocycles. The maximum Gasteiger partial charge on any atom is 0.246 e. The molecule has 2 bridgehead atoms. The van der Waals surface area contributed by atoms with Gasteiger partial charge in [0, 0.05) is 36.5 Å². The molecule has 1 aromatic rings. The summed E-state index contributed by atoms with van der Waals surface area (Å²) in [4.78, 5) is 43.1. The quantitative estimate of drug-likeness (QED) is 0.365. The summed E-state index contributed by atoms with van der Waals surface area (Å²) in [7, 11) is 0. The molecule has 5 rings (SSSR count). The number of hydrogen-bond acceptors (Lipinski definition) is 5. The van der Waals surface area contributed by atoms with E-state index in [4.69, 9.17) is 21.1 Å². The molecule has 2 N–H and O–H groups in total. The maximum atomic E-state index is 14.0. The minimum Gasteiger partial charge on any atom is -0.382 e. The van der Waals surface area contributed by atoms with Crippen molar-refractivity contribution < 1.29 is 23.9 Å². The molecule has 9 heteroatoms. The van der Waals surface area contributed by atoms with Gasteiger partial charge in [-0.1, -0.05) is 50.4 Å². The molecule has 8 atom stereocenters. The molecule has 0 unspecified atom stereocenters. The van der Waals surface area contributed by atoms with Crippen molar-refractivity contribution in [3.63, 3.8) is 0 Å². The van der Waals surface area contributed by atoms with E-state index in [0.29, 0.717) is 48.7 Å². The van der Waals surface area contributed by atoms with Gasteiger partial charge in [-0.15, -0.1) is 0 Å². The van der Waals surface area contributed by atoms with Crippen molar-refractivity contribution in [2.45, 2.75) is 70.2 Å². The van der Waals surface area contributed by atoms with Gasteiger partial charge in [0.2, 0.25) is 17.7 Å². The first kappa shape index (κ1) is 27.2. The highest BCUT2D eigenvalue weighted by atomic mass is 35.5. The molecule has 3 fully saturated rings. The summed E-state index contributed by atoms with van der Waals surface area (Å²) < 4.78 is 11.9. The van der Waals surface area contributed by atoms with Crippen LogP contribution >= 0.6 is 11.6 Å². The van der Waals surface area contributed by atoms with Crippen molar-refractivity contribution >= 4 is 35.0 Å². The number of hydrogen-bond donors (Lipinski definition) is 2. The van der Waals surface area contributed by atoms with Crippen LogP contribution in [0.5, 0.6) is 0 Å². The summed E-state index contributed by atoms with van der Waals surface area (Å²) in [6.45, 7) is 7.77. The smallest absolute Gasteiger partial charge is 0.246 e. The van der Waals surface area contributed by atoms with Crippen molar-refractivity contribution in [1.82, 2.24) is 10.2 Å². The number of rotatable bonds is 9. The summed E-state index contributed by atoms with van der Waals surface area (Å²) in [5.41, 5.74) is -0.572. The molecule has 1 aliphatic carbocycles. The number of amides is 3. The van der Waals surface area contributed by atoms with Gasteiger partial charge in [0.15, 0.2) is 0 Å². The molecule has 38 heavy (non-hydrogen) atoms. The van der Waals surface area contributed by atoms with E-state index in [2.05, 4.69) is 24.5 Å². The van der Waals surface area contributed by atoms with E-state index in [1.165, 1.54) is 0 Å². The molecule has 0 aromatic heterocycles. The zero-order valence-corrected chi connectivity index (χ0v) is 23.1. The number of nitrogens with zero attached hydrogens (tertiary/aromatic N) is 1. The summed E-state index contributed by atoms with van der Waals surface area (Å²) in [6.07, 6.45) is 6.87. The number of nitrogens with one attached hydrogen (secondary N) is 2. The largest absolute Gasteiger partial charge is 0.382 e. The first-order chi connectivity index (χ1) is 18.3. The third kappa shape index (κ3) is 4.75. The molecule has 4 aliphatic rings. The van der Waals surface area contributed by atoms with Crippen molar-refractivity contribution in [3.05, 3.63) is 41.4 Å². The highest BCUT2D eigenvalue weighted by Gasteiger charge is 2.72. The topological polar surface area (TPSA) is 97.0 Å². The average molecular weight is 544 g/mol. The molecule has 206 valence electrons. The number of fused-ring (bicyclic) bond motifs is 1. The second-order valence-corrected chi connectivity index (χ2v) is 11.6. The number of carbonyl (C=O) groups is 3. The second kappa shape index (κ2) is 11.0. The lowest BCUT2D eigenvalue weighted by Gasteiger charge is -2.38. The van der Waals surface area contributed by atoms with E-state index in [1.54, 1.807) is 29.2 Å². The van der Waals surface area contributed by atoms with Crippen LogP contribution in [-0.2, 0) is 23.9 Å². The van der Waals surface area contributed by atoms with Crippen molar-refractivity contribution in [3.8, 4) is 0 Å². The van der Waals surface area contributed by atoms with Crippen molar-refractivity contribution in [1.29, 1.82) is 0 Å². The van der Waals surface area contributed by atoms with E-state index in [9.17, 15) is 14.4 Å². The molecule has 0 radical (unpaired) electrons. The van der Waals surface area contributed by atoms with Gasteiger partial charge in [-0.05, 0) is 55.9 Å². The second-order valence-electron chi connectivity index (χ2n) is 11.2. The Kier molecular flexibility index (Phi) is 7.85. The van der Waals surface area contributed by atoms with Gasteiger partial charge in [-0.3, -0.25) is 14.4 Å². The van der Waals surface area contributed by atoms with Crippen LogP contribution in [-0.4, -0.2) is 66.2 Å². The molecular formula is C29H38ClN3O5. The van der Waals surface area contributed by atoms with Gasteiger partial charge in [0.05, 0.1) is 17.9 Å². The van der Waals surface area contributed by atoms with E-state index in [0.717, 1.165) is 19.3 Å². The lowest BCUT2D eigenvalue weighted by Crippen LogP contribution is -2.58. The lowest BCUT2D eigenvalue weighted by molar-refractivity contribution is -0.141. The minimum absolute atomic E-state index is 0.0497. The van der Waals surface area contributed by atoms with E-state index < -0.39 is 29.6 Å². The standard InChI is InChI=1S/C29H38ClN3O5/c1-4-37-16-6-15-33-25(27(35)32-21-8-5-7-17(2)18(21)3)29-14-13-22(38-29)23(24(29)28(33)36)26(34)31-20-11-9-19(30)10-12-20/h9-14,17-18,21-25H,4-8,15-16H2,1-3H3,(H,31,34)(H,32,35)/t17-,18+,21+,22+,23+,24+,25-,29-/m0/s1. The first-order valence-corrected chi connectivity index (χ1v) is 14.3. The number of carbonyl (C=O) groups excluding carboxylic acids is 3. The summed E-state index contributed by atoms with van der Waals surface area (Å²) in [5, 5.41) is 6.77. The van der Waals surface area contributed by atoms with Gasteiger partial charge in [0.1, 0.15) is 11.6 Å². The highest BCUT2D eigenvalue weighted by Crippen LogP contribution is 2.55. The van der Waals surface area contributed by atoms with Crippen LogP contribution in [0.2, 0.25) is 5.02 Å². The summed E-state index contributed by atoms with van der Waals surface area (Å²) in [5.74, 6) is -1.35. The van der Waals surface area contributed by atoms with Gasteiger partial charge in [-0.2, -0.15) is 0 Å². The Hall–Kier alpha value is -2.42. The van der Waals surface area contributed by atoms with Crippen LogP contribution in [0.4, 0.5) is 5.69 Å². The molecule has 3 heterocycles. The number of ether oxygens (including phenoxy) is 2. The predicted octanol–water partition coefficient (Wildman–Crippen LogP) is 3.80. The highest BCUT2D eigenvalue weighted by molar-refractivity contribution is 6.30. The Labute approximate surface area is 229 Å². The van der Waals surface area contributed by atoms with Crippen LogP contribution in [0.15, 0.2) is 36.4 Å². The molecule has 1 aromatic carbocycles.